The topological polar surface area (TPSA) is 65.1 Å². The molecule has 0 spiro atoms. The molecule has 0 unspecified atom stereocenters. The second kappa shape index (κ2) is 6.23. The Hall–Kier alpha value is -1.30. The maximum absolute atomic E-state index is 12.1. The molecule has 1 saturated heterocycles. The Balaban J connectivity index is 2.76. The van der Waals surface area contributed by atoms with Gasteiger partial charge in [-0.25, -0.2) is 9.59 Å². The zero-order valence-electron chi connectivity index (χ0n) is 12.3. The highest BCUT2D eigenvalue weighted by atomic mass is 16.6. The van der Waals surface area contributed by atoms with Crippen LogP contribution in [-0.2, 0) is 19.0 Å². The van der Waals surface area contributed by atoms with Crippen LogP contribution in [0.5, 0.6) is 0 Å². The van der Waals surface area contributed by atoms with Crippen LogP contribution in [0.25, 0.3) is 0 Å². The first-order valence-corrected chi connectivity index (χ1v) is 6.47. The average Bonchev–Trinajstić information content (AvgIpc) is 2.71. The molecular weight excluding hydrogens is 250 g/mol. The standard InChI is InChI=1S/C13H23NO5/c1-6-18-11(15)10-7-9(17-5)8-14(10)12(16)19-13(2,3)4/h9-10H,6-8H2,1-5H3/t9-,10-/m1/s1. The molecule has 1 fully saturated rings. The molecule has 6 nitrogen and oxygen atoms in total. The summed E-state index contributed by atoms with van der Waals surface area (Å²) in [6.07, 6.45) is -0.235. The number of likely N-dealkylation sites (tertiary alicyclic amines) is 1. The van der Waals surface area contributed by atoms with E-state index in [2.05, 4.69) is 0 Å². The van der Waals surface area contributed by atoms with Crippen molar-refractivity contribution < 1.29 is 23.8 Å². The number of carbonyl (C=O) groups is 2. The summed E-state index contributed by atoms with van der Waals surface area (Å²) < 4.78 is 15.5. The van der Waals surface area contributed by atoms with Crippen molar-refractivity contribution in [3.05, 3.63) is 0 Å². The van der Waals surface area contributed by atoms with E-state index in [-0.39, 0.29) is 12.7 Å². The number of hydrogen-bond acceptors (Lipinski definition) is 5. The predicted molar refractivity (Wildman–Crippen MR) is 68.8 cm³/mol. The van der Waals surface area contributed by atoms with E-state index in [0.717, 1.165) is 0 Å². The summed E-state index contributed by atoms with van der Waals surface area (Å²) in [5.74, 6) is -0.409. The first-order chi connectivity index (χ1) is 8.78. The minimum atomic E-state index is -0.625. The molecule has 0 bridgehead atoms. The summed E-state index contributed by atoms with van der Waals surface area (Å²) in [6, 6.07) is -0.625. The van der Waals surface area contributed by atoms with Crippen molar-refractivity contribution in [2.45, 2.75) is 51.9 Å². The number of rotatable bonds is 3. The second-order valence-electron chi connectivity index (χ2n) is 5.49. The Morgan fingerprint density at radius 3 is 2.42 bits per heavy atom. The smallest absolute Gasteiger partial charge is 0.411 e. The van der Waals surface area contributed by atoms with Crippen molar-refractivity contribution in [2.75, 3.05) is 20.3 Å². The number of ether oxygens (including phenoxy) is 3. The van der Waals surface area contributed by atoms with Crippen LogP contribution in [-0.4, -0.2) is 55.0 Å². The summed E-state index contributed by atoms with van der Waals surface area (Å²) in [7, 11) is 1.56. The molecule has 0 saturated carbocycles. The number of nitrogens with zero attached hydrogens (tertiary/aromatic N) is 1. The molecule has 0 N–H and O–H groups in total. The maximum atomic E-state index is 12.1. The van der Waals surface area contributed by atoms with Gasteiger partial charge in [-0.2, -0.15) is 0 Å². The quantitative estimate of drug-likeness (QED) is 0.730. The zero-order chi connectivity index (χ0) is 14.6. The van der Waals surface area contributed by atoms with Gasteiger partial charge in [0, 0.05) is 13.5 Å². The van der Waals surface area contributed by atoms with Gasteiger partial charge in [0.15, 0.2) is 0 Å². The summed E-state index contributed by atoms with van der Waals surface area (Å²) in [6.45, 7) is 7.72. The van der Waals surface area contributed by atoms with Crippen LogP contribution in [0.2, 0.25) is 0 Å². The molecular formula is C13H23NO5. The molecule has 2 atom stereocenters. The molecule has 0 aromatic carbocycles. The van der Waals surface area contributed by atoms with Crippen molar-refractivity contribution in [3.8, 4) is 0 Å². The number of hydrogen-bond donors (Lipinski definition) is 0. The average molecular weight is 273 g/mol. The Labute approximate surface area is 114 Å². The summed E-state index contributed by atoms with van der Waals surface area (Å²) in [5.41, 5.74) is -0.596. The number of methoxy groups -OCH3 is 1. The molecule has 19 heavy (non-hydrogen) atoms. The number of esters is 1. The molecule has 0 aromatic rings. The molecule has 110 valence electrons. The Morgan fingerprint density at radius 2 is 1.95 bits per heavy atom. The van der Waals surface area contributed by atoms with Crippen molar-refractivity contribution in [3.63, 3.8) is 0 Å². The van der Waals surface area contributed by atoms with E-state index in [4.69, 9.17) is 14.2 Å². The fourth-order valence-electron chi connectivity index (χ4n) is 1.95. The summed E-state index contributed by atoms with van der Waals surface area (Å²) in [5, 5.41) is 0. The van der Waals surface area contributed by atoms with Crippen molar-refractivity contribution in [1.29, 1.82) is 0 Å². The SMILES string of the molecule is CCOC(=O)[C@H]1C[C@@H](OC)CN1C(=O)OC(C)(C)C. The highest BCUT2D eigenvalue weighted by Gasteiger charge is 2.42. The van der Waals surface area contributed by atoms with Crippen molar-refractivity contribution in [2.24, 2.45) is 0 Å². The monoisotopic (exact) mass is 273 g/mol. The van der Waals surface area contributed by atoms with Gasteiger partial charge in [-0.15, -0.1) is 0 Å². The fraction of sp³-hybridized carbons (Fsp3) is 0.846. The summed E-state index contributed by atoms with van der Waals surface area (Å²) in [4.78, 5) is 25.3. The normalized spacial score (nSPS) is 23.3. The molecule has 1 heterocycles. The van der Waals surface area contributed by atoms with E-state index in [0.29, 0.717) is 13.0 Å². The van der Waals surface area contributed by atoms with Crippen molar-refractivity contribution >= 4 is 12.1 Å². The van der Waals surface area contributed by atoms with E-state index < -0.39 is 23.7 Å². The van der Waals surface area contributed by atoms with Gasteiger partial charge in [0.05, 0.1) is 19.3 Å². The third-order valence-corrected chi connectivity index (χ3v) is 2.78. The first-order valence-electron chi connectivity index (χ1n) is 6.47. The van der Waals surface area contributed by atoms with Gasteiger partial charge < -0.3 is 14.2 Å². The van der Waals surface area contributed by atoms with Crippen LogP contribution in [0.1, 0.15) is 34.1 Å². The van der Waals surface area contributed by atoms with Crippen LogP contribution in [0.4, 0.5) is 4.79 Å². The van der Waals surface area contributed by atoms with Gasteiger partial charge in [0.2, 0.25) is 0 Å². The van der Waals surface area contributed by atoms with Gasteiger partial charge in [-0.05, 0) is 27.7 Å². The highest BCUT2D eigenvalue weighted by Crippen LogP contribution is 2.23. The van der Waals surface area contributed by atoms with Crippen LogP contribution in [0.3, 0.4) is 0 Å². The minimum Gasteiger partial charge on any atom is -0.464 e. The van der Waals surface area contributed by atoms with Gasteiger partial charge in [0.25, 0.3) is 0 Å². The molecule has 1 aliphatic heterocycles. The van der Waals surface area contributed by atoms with Gasteiger partial charge in [-0.3, -0.25) is 4.90 Å². The third kappa shape index (κ3) is 4.38. The van der Waals surface area contributed by atoms with Crippen LogP contribution in [0, 0.1) is 0 Å². The lowest BCUT2D eigenvalue weighted by Crippen LogP contribution is -2.44. The van der Waals surface area contributed by atoms with Crippen LogP contribution < -0.4 is 0 Å². The zero-order valence-corrected chi connectivity index (χ0v) is 12.3. The Morgan fingerprint density at radius 1 is 1.32 bits per heavy atom. The fourth-order valence-corrected chi connectivity index (χ4v) is 1.95. The van der Waals surface area contributed by atoms with Crippen molar-refractivity contribution in [1.82, 2.24) is 4.90 Å². The van der Waals surface area contributed by atoms with Gasteiger partial charge >= 0.3 is 12.1 Å². The second-order valence-corrected chi connectivity index (χ2v) is 5.49. The molecule has 0 radical (unpaired) electrons. The summed E-state index contributed by atoms with van der Waals surface area (Å²) >= 11 is 0. The van der Waals surface area contributed by atoms with Crippen LogP contribution in [0.15, 0.2) is 0 Å². The lowest BCUT2D eigenvalue weighted by atomic mass is 10.2. The molecule has 0 aliphatic carbocycles. The molecule has 0 aromatic heterocycles. The minimum absolute atomic E-state index is 0.165. The highest BCUT2D eigenvalue weighted by molar-refractivity contribution is 5.82. The molecule has 6 heteroatoms. The van der Waals surface area contributed by atoms with Gasteiger partial charge in [-0.1, -0.05) is 0 Å². The first kappa shape index (κ1) is 15.8. The number of carbonyl (C=O) groups excluding carboxylic acids is 2. The maximum Gasteiger partial charge on any atom is 0.411 e. The largest absolute Gasteiger partial charge is 0.464 e. The predicted octanol–water partition coefficient (Wildman–Crippen LogP) is 1.57. The number of amides is 1. The van der Waals surface area contributed by atoms with E-state index >= 15 is 0 Å². The Kier molecular flexibility index (Phi) is 5.17. The van der Waals surface area contributed by atoms with E-state index in [1.165, 1.54) is 4.90 Å². The molecule has 1 rings (SSSR count). The Bertz CT molecular complexity index is 336. The lowest BCUT2D eigenvalue weighted by Gasteiger charge is -2.27. The lowest BCUT2D eigenvalue weighted by molar-refractivity contribution is -0.148. The van der Waals surface area contributed by atoms with Crippen LogP contribution >= 0.6 is 0 Å². The molecule has 1 amide bonds. The van der Waals surface area contributed by atoms with E-state index in [1.54, 1.807) is 34.8 Å². The van der Waals surface area contributed by atoms with Gasteiger partial charge in [0.1, 0.15) is 11.6 Å². The third-order valence-electron chi connectivity index (χ3n) is 2.78. The van der Waals surface area contributed by atoms with E-state index in [1.807, 2.05) is 0 Å². The van der Waals surface area contributed by atoms with E-state index in [9.17, 15) is 9.59 Å². The molecule has 1 aliphatic rings.